The summed E-state index contributed by atoms with van der Waals surface area (Å²) in [5.41, 5.74) is 6.04. The fourth-order valence-electron chi connectivity index (χ4n) is 3.15. The van der Waals surface area contributed by atoms with Gasteiger partial charge >= 0.3 is 0 Å². The molecule has 0 radical (unpaired) electrons. The monoisotopic (exact) mass is 367 g/mol. The van der Waals surface area contributed by atoms with E-state index in [1.807, 2.05) is 0 Å². The zero-order valence-electron chi connectivity index (χ0n) is 15.6. The number of rotatable bonds is 8. The third-order valence-corrected chi connectivity index (χ3v) is 5.24. The highest BCUT2D eigenvalue weighted by Gasteiger charge is 2.30. The number of nitrogens with one attached hydrogen (secondary N) is 2. The van der Waals surface area contributed by atoms with E-state index in [-0.39, 0.29) is 5.69 Å². The number of aromatic nitrogens is 4. The van der Waals surface area contributed by atoms with Crippen LogP contribution in [0.25, 0.3) is 11.5 Å². The number of pyridine rings is 1. The molecule has 0 bridgehead atoms. The van der Waals surface area contributed by atoms with Crippen molar-refractivity contribution in [2.75, 3.05) is 10.6 Å². The van der Waals surface area contributed by atoms with E-state index in [0.717, 1.165) is 0 Å². The van der Waals surface area contributed by atoms with E-state index in [2.05, 4.69) is 44.4 Å². The SMILES string of the molecule is CC(Nc1nc(NC(C)C2CC2)nc(-c2cccc(C(N)=O)n2)n1)C1CC1. The number of carbonyl (C=O) groups is 1. The molecular formula is C19H25N7O. The number of amides is 1. The molecule has 0 aromatic carbocycles. The molecule has 2 heterocycles. The lowest BCUT2D eigenvalue weighted by molar-refractivity contribution is 0.0995. The molecule has 2 atom stereocenters. The second-order valence-corrected chi connectivity index (χ2v) is 7.62. The summed E-state index contributed by atoms with van der Waals surface area (Å²) in [6.07, 6.45) is 4.94. The summed E-state index contributed by atoms with van der Waals surface area (Å²) in [6.45, 7) is 4.29. The van der Waals surface area contributed by atoms with Crippen LogP contribution in [0.5, 0.6) is 0 Å². The molecule has 2 saturated carbocycles. The molecule has 27 heavy (non-hydrogen) atoms. The largest absolute Gasteiger partial charge is 0.364 e. The van der Waals surface area contributed by atoms with Crippen molar-refractivity contribution in [3.05, 3.63) is 23.9 Å². The smallest absolute Gasteiger partial charge is 0.267 e. The first-order valence-corrected chi connectivity index (χ1v) is 9.56. The van der Waals surface area contributed by atoms with Gasteiger partial charge in [0.15, 0.2) is 5.82 Å². The van der Waals surface area contributed by atoms with Gasteiger partial charge < -0.3 is 16.4 Å². The highest BCUT2D eigenvalue weighted by atomic mass is 16.1. The summed E-state index contributed by atoms with van der Waals surface area (Å²) in [4.78, 5) is 29.4. The Labute approximate surface area is 158 Å². The average Bonchev–Trinajstić information content (AvgIpc) is 3.54. The fraction of sp³-hybridized carbons (Fsp3) is 0.526. The van der Waals surface area contributed by atoms with Gasteiger partial charge in [0.05, 0.1) is 0 Å². The standard InChI is InChI=1S/C19H25N7O/c1-10(12-6-7-12)21-18-24-17(15-5-3-4-14(23-15)16(20)27)25-19(26-18)22-11(2)13-8-9-13/h3-5,10-13H,6-9H2,1-2H3,(H2,20,27)(H2,21,22,24,25,26). The van der Waals surface area contributed by atoms with Gasteiger partial charge in [-0.25, -0.2) is 4.98 Å². The van der Waals surface area contributed by atoms with Crippen molar-refractivity contribution in [3.8, 4) is 11.5 Å². The molecule has 8 heteroatoms. The van der Waals surface area contributed by atoms with Crippen molar-refractivity contribution in [1.82, 2.24) is 19.9 Å². The molecule has 2 aliphatic rings. The number of nitrogens with two attached hydrogens (primary N) is 1. The number of hydrogen-bond donors (Lipinski definition) is 3. The third-order valence-electron chi connectivity index (χ3n) is 5.24. The van der Waals surface area contributed by atoms with Crippen LogP contribution in [0.3, 0.4) is 0 Å². The van der Waals surface area contributed by atoms with Gasteiger partial charge in [0.25, 0.3) is 5.91 Å². The van der Waals surface area contributed by atoms with Gasteiger partial charge in [0.1, 0.15) is 11.4 Å². The zero-order chi connectivity index (χ0) is 19.0. The second kappa shape index (κ2) is 7.09. The third kappa shape index (κ3) is 4.32. The molecule has 2 aromatic rings. The molecule has 0 spiro atoms. The minimum Gasteiger partial charge on any atom is -0.364 e. The Kier molecular flexibility index (Phi) is 4.63. The van der Waals surface area contributed by atoms with Crippen molar-refractivity contribution < 1.29 is 4.79 Å². The summed E-state index contributed by atoms with van der Waals surface area (Å²) >= 11 is 0. The zero-order valence-corrected chi connectivity index (χ0v) is 15.6. The Bertz CT molecular complexity index is 809. The Hall–Kier alpha value is -2.77. The van der Waals surface area contributed by atoms with Crippen molar-refractivity contribution in [1.29, 1.82) is 0 Å². The second-order valence-electron chi connectivity index (χ2n) is 7.62. The lowest BCUT2D eigenvalue weighted by atomic mass is 10.2. The molecule has 0 aliphatic heterocycles. The van der Waals surface area contributed by atoms with Crippen LogP contribution in [0.1, 0.15) is 50.0 Å². The molecule has 8 nitrogen and oxygen atoms in total. The van der Waals surface area contributed by atoms with Gasteiger partial charge in [-0.2, -0.15) is 15.0 Å². The quantitative estimate of drug-likeness (QED) is 0.655. The van der Waals surface area contributed by atoms with Crippen LogP contribution in [0.2, 0.25) is 0 Å². The average molecular weight is 367 g/mol. The number of primary amides is 1. The van der Waals surface area contributed by atoms with Crippen LogP contribution in [0.4, 0.5) is 11.9 Å². The maximum atomic E-state index is 11.5. The highest BCUT2D eigenvalue weighted by Crippen LogP contribution is 2.35. The van der Waals surface area contributed by atoms with Gasteiger partial charge in [0.2, 0.25) is 11.9 Å². The van der Waals surface area contributed by atoms with Crippen molar-refractivity contribution in [3.63, 3.8) is 0 Å². The normalized spacial score (nSPS) is 18.6. The molecular weight excluding hydrogens is 342 g/mol. The minimum absolute atomic E-state index is 0.189. The Balaban J connectivity index is 1.65. The van der Waals surface area contributed by atoms with Crippen LogP contribution in [0, 0.1) is 11.8 Å². The first-order valence-electron chi connectivity index (χ1n) is 9.56. The molecule has 2 unspecified atom stereocenters. The molecule has 0 saturated heterocycles. The predicted molar refractivity (Wildman–Crippen MR) is 103 cm³/mol. The van der Waals surface area contributed by atoms with Gasteiger partial charge in [-0.15, -0.1) is 0 Å². The summed E-state index contributed by atoms with van der Waals surface area (Å²) in [5, 5.41) is 6.78. The van der Waals surface area contributed by atoms with Crippen molar-refractivity contribution in [2.45, 2.75) is 51.6 Å². The first kappa shape index (κ1) is 17.6. The number of nitrogens with zero attached hydrogens (tertiary/aromatic N) is 4. The molecule has 4 N–H and O–H groups in total. The summed E-state index contributed by atoms with van der Waals surface area (Å²) in [6, 6.07) is 5.68. The van der Waals surface area contributed by atoms with Crippen LogP contribution in [-0.4, -0.2) is 37.9 Å². The Morgan fingerprint density at radius 3 is 2.00 bits per heavy atom. The summed E-state index contributed by atoms with van der Waals surface area (Å²) in [7, 11) is 0. The molecule has 142 valence electrons. The summed E-state index contributed by atoms with van der Waals surface area (Å²) < 4.78 is 0. The van der Waals surface area contributed by atoms with Gasteiger partial charge in [-0.1, -0.05) is 6.07 Å². The number of hydrogen-bond acceptors (Lipinski definition) is 7. The predicted octanol–water partition coefficient (Wildman–Crippen LogP) is 2.45. The number of anilines is 2. The first-order chi connectivity index (χ1) is 13.0. The van der Waals surface area contributed by atoms with E-state index in [0.29, 0.717) is 47.3 Å². The molecule has 2 fully saturated rings. The molecule has 2 aromatic heterocycles. The Morgan fingerprint density at radius 2 is 1.52 bits per heavy atom. The van der Waals surface area contributed by atoms with Gasteiger partial charge in [0, 0.05) is 12.1 Å². The van der Waals surface area contributed by atoms with Gasteiger partial charge in [-0.3, -0.25) is 4.79 Å². The van der Waals surface area contributed by atoms with E-state index in [9.17, 15) is 4.79 Å². The summed E-state index contributed by atoms with van der Waals surface area (Å²) in [5.74, 6) is 2.23. The van der Waals surface area contributed by atoms with E-state index < -0.39 is 5.91 Å². The highest BCUT2D eigenvalue weighted by molar-refractivity contribution is 5.91. The lowest BCUT2D eigenvalue weighted by Gasteiger charge is -2.17. The number of carbonyl (C=O) groups excluding carboxylic acids is 1. The maximum Gasteiger partial charge on any atom is 0.267 e. The maximum absolute atomic E-state index is 11.5. The van der Waals surface area contributed by atoms with Gasteiger partial charge in [-0.05, 0) is 63.5 Å². The van der Waals surface area contributed by atoms with E-state index in [4.69, 9.17) is 5.73 Å². The van der Waals surface area contributed by atoms with Crippen LogP contribution in [-0.2, 0) is 0 Å². The van der Waals surface area contributed by atoms with Crippen LogP contribution in [0.15, 0.2) is 18.2 Å². The molecule has 4 rings (SSSR count). The van der Waals surface area contributed by atoms with Crippen molar-refractivity contribution >= 4 is 17.8 Å². The Morgan fingerprint density at radius 1 is 0.963 bits per heavy atom. The molecule has 2 aliphatic carbocycles. The van der Waals surface area contributed by atoms with E-state index in [1.165, 1.54) is 25.7 Å². The van der Waals surface area contributed by atoms with E-state index in [1.54, 1.807) is 18.2 Å². The van der Waals surface area contributed by atoms with Crippen LogP contribution >= 0.6 is 0 Å². The van der Waals surface area contributed by atoms with E-state index >= 15 is 0 Å². The fourth-order valence-corrected chi connectivity index (χ4v) is 3.15. The lowest BCUT2D eigenvalue weighted by Crippen LogP contribution is -2.23. The minimum atomic E-state index is -0.577. The topological polar surface area (TPSA) is 119 Å². The molecule has 1 amide bonds. The van der Waals surface area contributed by atoms with Crippen molar-refractivity contribution in [2.24, 2.45) is 17.6 Å². The van der Waals surface area contributed by atoms with Crippen LogP contribution < -0.4 is 16.4 Å².